The van der Waals surface area contributed by atoms with Crippen molar-refractivity contribution in [3.63, 3.8) is 0 Å². The van der Waals surface area contributed by atoms with Gasteiger partial charge in [-0.2, -0.15) is 23.5 Å². The number of nitriles is 1. The fraction of sp³-hybridized carbons (Fsp3) is 0.600. The van der Waals surface area contributed by atoms with Crippen LogP contribution in [0, 0.1) is 18.3 Å². The van der Waals surface area contributed by atoms with Crippen LogP contribution in [-0.2, 0) is 7.05 Å². The van der Waals surface area contributed by atoms with Crippen molar-refractivity contribution >= 4 is 5.82 Å². The normalized spacial score (nSPS) is 11.4. The van der Waals surface area contributed by atoms with Crippen molar-refractivity contribution in [1.82, 2.24) is 9.78 Å². The fourth-order valence-electron chi connectivity index (χ4n) is 1.74. The summed E-state index contributed by atoms with van der Waals surface area (Å²) in [5.41, 5.74) is 0.454. The predicted octanol–water partition coefficient (Wildman–Crippen LogP) is 0.961. The van der Waals surface area contributed by atoms with E-state index in [1.54, 1.807) is 6.92 Å². The highest BCUT2D eigenvalue weighted by molar-refractivity contribution is 5.57. The lowest BCUT2D eigenvalue weighted by Crippen LogP contribution is -2.37. The molecule has 8 heteroatoms. The molecule has 0 saturated heterocycles. The summed E-state index contributed by atoms with van der Waals surface area (Å²) in [4.78, 5) is 0.901. The van der Waals surface area contributed by atoms with E-state index in [1.807, 2.05) is 6.07 Å². The lowest BCUT2D eigenvalue weighted by Gasteiger charge is -2.25. The zero-order valence-corrected chi connectivity index (χ0v) is 9.99. The summed E-state index contributed by atoms with van der Waals surface area (Å²) >= 11 is 0. The predicted molar refractivity (Wildman–Crippen MR) is 58.0 cm³/mol. The first-order chi connectivity index (χ1) is 8.30. The zero-order chi connectivity index (χ0) is 13.9. The van der Waals surface area contributed by atoms with E-state index in [4.69, 9.17) is 10.4 Å². The Hall–Kier alpha value is -1.75. The smallest absolute Gasteiger partial charge is 0.395 e. The van der Waals surface area contributed by atoms with E-state index in [-0.39, 0.29) is 17.9 Å². The van der Waals surface area contributed by atoms with Crippen LogP contribution >= 0.6 is 0 Å². The first-order valence-corrected chi connectivity index (χ1v) is 5.16. The van der Waals surface area contributed by atoms with Gasteiger partial charge in [0.2, 0.25) is 0 Å². The lowest BCUT2D eigenvalue weighted by atomic mass is 10.2. The van der Waals surface area contributed by atoms with Gasteiger partial charge in [0.1, 0.15) is 24.0 Å². The molecule has 0 aliphatic carbocycles. The van der Waals surface area contributed by atoms with E-state index in [2.05, 4.69) is 5.10 Å². The zero-order valence-electron chi connectivity index (χ0n) is 9.99. The third kappa shape index (κ3) is 3.13. The van der Waals surface area contributed by atoms with Crippen LogP contribution in [0.5, 0.6) is 0 Å². The van der Waals surface area contributed by atoms with Gasteiger partial charge >= 0.3 is 6.18 Å². The molecule has 0 aromatic carbocycles. The van der Waals surface area contributed by atoms with Gasteiger partial charge in [-0.3, -0.25) is 4.68 Å². The molecule has 1 N–H and O–H groups in total. The highest BCUT2D eigenvalue weighted by atomic mass is 19.4. The average molecular weight is 262 g/mol. The topological polar surface area (TPSA) is 65.1 Å². The summed E-state index contributed by atoms with van der Waals surface area (Å²) < 4.78 is 38.6. The third-order valence-electron chi connectivity index (χ3n) is 2.34. The molecule has 5 nitrogen and oxygen atoms in total. The van der Waals surface area contributed by atoms with Crippen LogP contribution in [-0.4, -0.2) is 40.8 Å². The minimum absolute atomic E-state index is 0.0707. The van der Waals surface area contributed by atoms with E-state index < -0.39 is 19.3 Å². The summed E-state index contributed by atoms with van der Waals surface area (Å²) in [6.45, 7) is -0.341. The summed E-state index contributed by atoms with van der Waals surface area (Å²) in [7, 11) is 1.46. The number of halogens is 3. The van der Waals surface area contributed by atoms with Crippen molar-refractivity contribution in [3.8, 4) is 6.07 Å². The van der Waals surface area contributed by atoms with Crippen LogP contribution in [0.15, 0.2) is 0 Å². The Morgan fingerprint density at radius 1 is 1.50 bits per heavy atom. The molecule has 0 unspecified atom stereocenters. The largest absolute Gasteiger partial charge is 0.405 e. The van der Waals surface area contributed by atoms with Crippen molar-refractivity contribution < 1.29 is 18.3 Å². The molecule has 1 rings (SSSR count). The maximum Gasteiger partial charge on any atom is 0.405 e. The number of hydrogen-bond acceptors (Lipinski definition) is 4. The van der Waals surface area contributed by atoms with E-state index in [0.29, 0.717) is 5.69 Å². The number of aryl methyl sites for hydroxylation is 2. The number of aromatic nitrogens is 2. The molecule has 0 bridgehead atoms. The molecule has 0 saturated carbocycles. The maximum absolute atomic E-state index is 12.5. The summed E-state index contributed by atoms with van der Waals surface area (Å²) in [6, 6.07) is 1.84. The minimum Gasteiger partial charge on any atom is -0.395 e. The number of aliphatic hydroxyl groups excluding tert-OH is 1. The van der Waals surface area contributed by atoms with Gasteiger partial charge in [-0.15, -0.1) is 0 Å². The highest BCUT2D eigenvalue weighted by Gasteiger charge is 2.33. The number of rotatable bonds is 4. The van der Waals surface area contributed by atoms with Crippen LogP contribution in [0.2, 0.25) is 0 Å². The number of alkyl halides is 3. The van der Waals surface area contributed by atoms with Crippen molar-refractivity contribution in [2.75, 3.05) is 24.6 Å². The Morgan fingerprint density at radius 3 is 2.56 bits per heavy atom. The van der Waals surface area contributed by atoms with Gasteiger partial charge in [-0.05, 0) is 6.92 Å². The van der Waals surface area contributed by atoms with E-state index in [9.17, 15) is 13.2 Å². The molecule has 0 aliphatic heterocycles. The van der Waals surface area contributed by atoms with Crippen LogP contribution < -0.4 is 4.90 Å². The molecular formula is C10H13F3N4O. The number of nitrogens with zero attached hydrogens (tertiary/aromatic N) is 4. The number of hydrogen-bond donors (Lipinski definition) is 1. The van der Waals surface area contributed by atoms with Crippen molar-refractivity contribution in [2.45, 2.75) is 13.1 Å². The molecule has 0 fully saturated rings. The van der Waals surface area contributed by atoms with Crippen LogP contribution in [0.1, 0.15) is 11.3 Å². The first kappa shape index (κ1) is 14.3. The molecule has 0 amide bonds. The minimum atomic E-state index is -4.42. The maximum atomic E-state index is 12.5. The second-order valence-electron chi connectivity index (χ2n) is 3.78. The molecule has 1 aromatic rings. The third-order valence-corrected chi connectivity index (χ3v) is 2.34. The summed E-state index contributed by atoms with van der Waals surface area (Å²) in [6.07, 6.45) is -4.42. The Balaban J connectivity index is 3.18. The van der Waals surface area contributed by atoms with Crippen molar-refractivity contribution in [3.05, 3.63) is 11.3 Å². The van der Waals surface area contributed by atoms with Crippen molar-refractivity contribution in [2.24, 2.45) is 7.05 Å². The van der Waals surface area contributed by atoms with Crippen LogP contribution in [0.3, 0.4) is 0 Å². The second kappa shape index (κ2) is 5.27. The standard InChI is InChI=1S/C10H13F3N4O/c1-7-8(5-14)9(16(2)15-7)17(3-4-18)6-10(11,12)13/h18H,3-4,6H2,1-2H3. The van der Waals surface area contributed by atoms with Crippen LogP contribution in [0.25, 0.3) is 0 Å². The summed E-state index contributed by atoms with van der Waals surface area (Å²) in [5, 5.41) is 21.7. The monoisotopic (exact) mass is 262 g/mol. The van der Waals surface area contributed by atoms with Gasteiger partial charge in [0, 0.05) is 13.6 Å². The Bertz CT molecular complexity index is 461. The SMILES string of the molecule is Cc1nn(C)c(N(CCO)CC(F)(F)F)c1C#N. The Morgan fingerprint density at radius 2 is 2.11 bits per heavy atom. The molecular weight excluding hydrogens is 249 g/mol. The average Bonchev–Trinajstić information content (AvgIpc) is 2.50. The Labute approximate surface area is 102 Å². The van der Waals surface area contributed by atoms with Gasteiger partial charge in [-0.25, -0.2) is 0 Å². The Kier molecular flexibility index (Phi) is 4.19. The molecule has 0 aliphatic rings. The van der Waals surface area contributed by atoms with Gasteiger partial charge in [-0.1, -0.05) is 0 Å². The molecule has 1 heterocycles. The highest BCUT2D eigenvalue weighted by Crippen LogP contribution is 2.26. The lowest BCUT2D eigenvalue weighted by molar-refractivity contribution is -0.120. The van der Waals surface area contributed by atoms with E-state index in [0.717, 1.165) is 4.90 Å². The number of aliphatic hydroxyl groups is 1. The quantitative estimate of drug-likeness (QED) is 0.877. The molecule has 1 aromatic heterocycles. The van der Waals surface area contributed by atoms with Crippen LogP contribution in [0.4, 0.5) is 19.0 Å². The molecule has 18 heavy (non-hydrogen) atoms. The first-order valence-electron chi connectivity index (χ1n) is 5.16. The van der Waals surface area contributed by atoms with Crippen molar-refractivity contribution in [1.29, 1.82) is 5.26 Å². The molecule has 0 spiro atoms. The van der Waals surface area contributed by atoms with Gasteiger partial charge in [0.15, 0.2) is 0 Å². The van der Waals surface area contributed by atoms with E-state index >= 15 is 0 Å². The fourth-order valence-corrected chi connectivity index (χ4v) is 1.74. The van der Waals surface area contributed by atoms with Gasteiger partial charge in [0.05, 0.1) is 12.3 Å². The molecule has 0 atom stereocenters. The second-order valence-corrected chi connectivity index (χ2v) is 3.78. The number of anilines is 1. The van der Waals surface area contributed by atoms with E-state index in [1.165, 1.54) is 11.7 Å². The molecule has 0 radical (unpaired) electrons. The van der Waals surface area contributed by atoms with Gasteiger partial charge < -0.3 is 10.0 Å². The summed E-state index contributed by atoms with van der Waals surface area (Å²) in [5.74, 6) is 0.0707. The molecule has 100 valence electrons. The van der Waals surface area contributed by atoms with Gasteiger partial charge in [0.25, 0.3) is 0 Å².